The van der Waals surface area contributed by atoms with Crippen molar-refractivity contribution in [3.8, 4) is 17.2 Å². The van der Waals surface area contributed by atoms with Crippen LogP contribution in [0.5, 0.6) is 17.2 Å². The third-order valence-electron chi connectivity index (χ3n) is 2.01. The highest BCUT2D eigenvalue weighted by atomic mass is 79.9. The van der Waals surface area contributed by atoms with Gasteiger partial charge in [0.2, 0.25) is 9.05 Å². The first kappa shape index (κ1) is 14.4. The van der Waals surface area contributed by atoms with E-state index in [2.05, 4.69) is 15.9 Å². The monoisotopic (exact) mass is 344 g/mol. The van der Waals surface area contributed by atoms with Crippen molar-refractivity contribution >= 4 is 35.7 Å². The van der Waals surface area contributed by atoms with Gasteiger partial charge in [0.05, 0.1) is 30.0 Å². The smallest absolute Gasteiger partial charge is 0.237 e. The Balaban J connectivity index is 3.49. The average Bonchev–Trinajstić information content (AvgIpc) is 2.22. The Morgan fingerprint density at radius 2 is 2.00 bits per heavy atom. The van der Waals surface area contributed by atoms with Gasteiger partial charge in [0.1, 0.15) is 5.75 Å². The average molecular weight is 346 g/mol. The van der Waals surface area contributed by atoms with E-state index < -0.39 is 14.8 Å². The molecular weight excluding hydrogens is 336 g/mol. The van der Waals surface area contributed by atoms with Crippen LogP contribution in [0.15, 0.2) is 10.5 Å². The van der Waals surface area contributed by atoms with Gasteiger partial charge in [-0.25, -0.2) is 8.42 Å². The fourth-order valence-corrected chi connectivity index (χ4v) is 2.72. The van der Waals surface area contributed by atoms with Crippen LogP contribution in [-0.2, 0) is 14.8 Å². The number of benzene rings is 1. The lowest BCUT2D eigenvalue weighted by Crippen LogP contribution is -2.01. The molecule has 0 aliphatic heterocycles. The third-order valence-corrected chi connectivity index (χ3v) is 3.57. The Morgan fingerprint density at radius 1 is 1.41 bits per heavy atom. The zero-order valence-electron chi connectivity index (χ0n) is 9.03. The van der Waals surface area contributed by atoms with E-state index in [9.17, 15) is 13.5 Å². The van der Waals surface area contributed by atoms with Crippen LogP contribution in [0.4, 0.5) is 0 Å². The molecule has 1 aromatic carbocycles. The molecule has 0 fully saturated rings. The number of methoxy groups -OCH3 is 2. The van der Waals surface area contributed by atoms with E-state index in [1.165, 1.54) is 20.3 Å². The molecule has 8 heteroatoms. The molecule has 0 bridgehead atoms. The van der Waals surface area contributed by atoms with Gasteiger partial charge in [-0.3, -0.25) is 0 Å². The molecule has 0 aliphatic carbocycles. The summed E-state index contributed by atoms with van der Waals surface area (Å²) in [7, 11) is 4.09. The predicted octanol–water partition coefficient (Wildman–Crippen LogP) is 2.24. The number of aromatic hydroxyl groups is 1. The van der Waals surface area contributed by atoms with Gasteiger partial charge in [-0.05, 0) is 15.9 Å². The molecule has 1 aromatic rings. The summed E-state index contributed by atoms with van der Waals surface area (Å²) >= 11 is 3.09. The van der Waals surface area contributed by atoms with Crippen molar-refractivity contribution in [2.45, 2.75) is 5.75 Å². The maximum atomic E-state index is 11.1. The molecule has 0 atom stereocenters. The van der Waals surface area contributed by atoms with Crippen molar-refractivity contribution in [3.05, 3.63) is 16.1 Å². The van der Waals surface area contributed by atoms with E-state index in [0.717, 1.165) is 0 Å². The lowest BCUT2D eigenvalue weighted by Gasteiger charge is -2.14. The zero-order chi connectivity index (χ0) is 13.2. The van der Waals surface area contributed by atoms with Crippen molar-refractivity contribution in [1.29, 1.82) is 0 Å². The zero-order valence-corrected chi connectivity index (χ0v) is 12.2. The predicted molar refractivity (Wildman–Crippen MR) is 67.4 cm³/mol. The van der Waals surface area contributed by atoms with Gasteiger partial charge >= 0.3 is 0 Å². The van der Waals surface area contributed by atoms with E-state index in [4.69, 9.17) is 20.2 Å². The summed E-state index contributed by atoms with van der Waals surface area (Å²) in [6.45, 7) is 0. The molecule has 17 heavy (non-hydrogen) atoms. The second-order valence-corrected chi connectivity index (χ2v) is 6.74. The fraction of sp³-hybridized carbons (Fsp3) is 0.333. The maximum absolute atomic E-state index is 11.1. The van der Waals surface area contributed by atoms with Gasteiger partial charge in [-0.1, -0.05) is 0 Å². The number of rotatable bonds is 4. The van der Waals surface area contributed by atoms with Gasteiger partial charge in [-0.15, -0.1) is 0 Å². The number of hydrogen-bond acceptors (Lipinski definition) is 5. The van der Waals surface area contributed by atoms with Crippen LogP contribution in [0.25, 0.3) is 0 Å². The molecule has 0 heterocycles. The molecule has 0 saturated carbocycles. The van der Waals surface area contributed by atoms with Gasteiger partial charge in [0.25, 0.3) is 0 Å². The van der Waals surface area contributed by atoms with Crippen molar-refractivity contribution < 1.29 is 23.0 Å². The topological polar surface area (TPSA) is 72.8 Å². The van der Waals surface area contributed by atoms with Crippen LogP contribution >= 0.6 is 26.6 Å². The number of phenolic OH excluding ortho intramolecular Hbond substituents is 1. The minimum atomic E-state index is -3.82. The fourth-order valence-electron chi connectivity index (χ4n) is 1.33. The molecule has 0 amide bonds. The Kier molecular flexibility index (Phi) is 4.51. The second kappa shape index (κ2) is 5.32. The molecule has 0 radical (unpaired) electrons. The van der Waals surface area contributed by atoms with Crippen LogP contribution in [0, 0.1) is 0 Å². The molecule has 0 saturated heterocycles. The van der Waals surface area contributed by atoms with E-state index >= 15 is 0 Å². The molecular formula is C9H10BrClO5S. The molecule has 0 unspecified atom stereocenters. The van der Waals surface area contributed by atoms with Gasteiger partial charge < -0.3 is 14.6 Å². The van der Waals surface area contributed by atoms with E-state index in [1.807, 2.05) is 0 Å². The van der Waals surface area contributed by atoms with Crippen LogP contribution in [0.1, 0.15) is 5.56 Å². The Morgan fingerprint density at radius 3 is 2.41 bits per heavy atom. The van der Waals surface area contributed by atoms with E-state index in [1.54, 1.807) is 0 Å². The first-order valence-corrected chi connectivity index (χ1v) is 7.62. The molecule has 96 valence electrons. The van der Waals surface area contributed by atoms with Crippen LogP contribution in [0.3, 0.4) is 0 Å². The largest absolute Gasteiger partial charge is 0.506 e. The summed E-state index contributed by atoms with van der Waals surface area (Å²) in [6.07, 6.45) is 0. The van der Waals surface area contributed by atoms with Crippen molar-refractivity contribution in [1.82, 2.24) is 0 Å². The SMILES string of the molecule is COc1cc(Br)c(O)c(CS(=O)(=O)Cl)c1OC. The minimum absolute atomic E-state index is 0.0497. The van der Waals surface area contributed by atoms with Gasteiger partial charge in [0, 0.05) is 16.7 Å². The Hall–Kier alpha value is -0.660. The molecule has 1 rings (SSSR count). The maximum Gasteiger partial charge on any atom is 0.237 e. The molecule has 0 aliphatic rings. The van der Waals surface area contributed by atoms with Crippen LogP contribution < -0.4 is 9.47 Å². The molecule has 5 nitrogen and oxygen atoms in total. The number of hydrogen-bond donors (Lipinski definition) is 1. The first-order valence-electron chi connectivity index (χ1n) is 4.34. The number of halogens is 2. The highest BCUT2D eigenvalue weighted by Crippen LogP contribution is 2.43. The number of phenols is 1. The third kappa shape index (κ3) is 3.40. The van der Waals surface area contributed by atoms with Crippen molar-refractivity contribution in [2.24, 2.45) is 0 Å². The summed E-state index contributed by atoms with van der Waals surface area (Å²) < 4.78 is 32.5. The Bertz CT molecular complexity index is 529. The summed E-state index contributed by atoms with van der Waals surface area (Å²) in [4.78, 5) is 0. The van der Waals surface area contributed by atoms with E-state index in [0.29, 0.717) is 10.2 Å². The normalized spacial score (nSPS) is 11.3. The van der Waals surface area contributed by atoms with Crippen molar-refractivity contribution in [3.63, 3.8) is 0 Å². The summed E-state index contributed by atoms with van der Waals surface area (Å²) in [5.74, 6) is -0.365. The second-order valence-electron chi connectivity index (χ2n) is 3.10. The summed E-state index contributed by atoms with van der Waals surface area (Å²) in [6, 6.07) is 1.47. The molecule has 0 spiro atoms. The molecule has 1 N–H and O–H groups in total. The van der Waals surface area contributed by atoms with Crippen molar-refractivity contribution in [2.75, 3.05) is 14.2 Å². The highest BCUT2D eigenvalue weighted by molar-refractivity contribution is 9.10. The Labute approximate surface area is 112 Å². The summed E-state index contributed by atoms with van der Waals surface area (Å²) in [5, 5.41) is 9.79. The highest BCUT2D eigenvalue weighted by Gasteiger charge is 2.22. The van der Waals surface area contributed by atoms with Gasteiger partial charge in [0.15, 0.2) is 11.5 Å². The minimum Gasteiger partial charge on any atom is -0.506 e. The van der Waals surface area contributed by atoms with Gasteiger partial charge in [-0.2, -0.15) is 0 Å². The van der Waals surface area contributed by atoms with Crippen LogP contribution in [-0.4, -0.2) is 27.7 Å². The van der Waals surface area contributed by atoms with Crippen LogP contribution in [0.2, 0.25) is 0 Å². The molecule has 0 aromatic heterocycles. The van der Waals surface area contributed by atoms with E-state index in [-0.39, 0.29) is 17.1 Å². The first-order chi connectivity index (χ1) is 7.80. The lowest BCUT2D eigenvalue weighted by molar-refractivity contribution is 0.347. The number of ether oxygens (including phenoxy) is 2. The standard InChI is InChI=1S/C9H10BrClO5S/c1-15-7-3-6(10)8(12)5(9(7)16-2)4-17(11,13)14/h3,12H,4H2,1-2H3. The summed E-state index contributed by atoms with van der Waals surface area (Å²) in [5.41, 5.74) is 0.0497. The lowest BCUT2D eigenvalue weighted by atomic mass is 10.2. The quantitative estimate of drug-likeness (QED) is 0.847.